The second kappa shape index (κ2) is 7.21. The summed E-state index contributed by atoms with van der Waals surface area (Å²) in [4.78, 5) is 11.4. The average Bonchev–Trinajstić information content (AvgIpc) is 2.03. The van der Waals surface area contributed by atoms with Crippen LogP contribution in [0.15, 0.2) is 0 Å². The summed E-state index contributed by atoms with van der Waals surface area (Å²) in [6.45, 7) is 6.70. The highest BCUT2D eigenvalue weighted by Crippen LogP contribution is 1.90. The monoisotopic (exact) mass is 204 g/mol. The van der Waals surface area contributed by atoms with Crippen molar-refractivity contribution in [2.24, 2.45) is 0 Å². The van der Waals surface area contributed by atoms with Gasteiger partial charge < -0.3 is 10.6 Å². The van der Waals surface area contributed by atoms with Gasteiger partial charge in [-0.2, -0.15) is 11.8 Å². The van der Waals surface area contributed by atoms with E-state index in [0.717, 1.165) is 12.3 Å². The van der Waals surface area contributed by atoms with Gasteiger partial charge in [-0.25, -0.2) is 0 Å². The van der Waals surface area contributed by atoms with E-state index in [9.17, 15) is 4.79 Å². The first-order valence-corrected chi connectivity index (χ1v) is 6.00. The first-order chi connectivity index (χ1) is 6.07. The Balaban J connectivity index is 3.57. The minimum absolute atomic E-state index is 0.0797. The van der Waals surface area contributed by atoms with Gasteiger partial charge >= 0.3 is 0 Å². The van der Waals surface area contributed by atoms with E-state index in [1.807, 2.05) is 20.8 Å². The van der Waals surface area contributed by atoms with Crippen molar-refractivity contribution in [3.63, 3.8) is 0 Å². The van der Waals surface area contributed by atoms with Gasteiger partial charge in [0.15, 0.2) is 0 Å². The molecule has 0 saturated carbocycles. The molecular formula is C9H20N2OS. The molecule has 2 N–H and O–H groups in total. The van der Waals surface area contributed by atoms with Crippen LogP contribution in [0.25, 0.3) is 0 Å². The van der Waals surface area contributed by atoms with Gasteiger partial charge in [0.05, 0.1) is 6.04 Å². The Bertz CT molecular complexity index is 151. The fourth-order valence-corrected chi connectivity index (χ4v) is 1.20. The Morgan fingerprint density at radius 1 is 1.38 bits per heavy atom. The minimum Gasteiger partial charge on any atom is -0.353 e. The Hall–Kier alpha value is -0.220. The molecule has 0 bridgehead atoms. The molecule has 0 heterocycles. The zero-order valence-electron chi connectivity index (χ0n) is 8.89. The standard InChI is InChI=1S/C9H20N2OS/c1-7(2)11-9(12)8(3)10-5-6-13-4/h7-8,10H,5-6H2,1-4H3,(H,11,12). The van der Waals surface area contributed by atoms with Gasteiger partial charge in [-0.3, -0.25) is 4.79 Å². The number of thioether (sulfide) groups is 1. The van der Waals surface area contributed by atoms with E-state index in [1.54, 1.807) is 11.8 Å². The Morgan fingerprint density at radius 2 is 2.00 bits per heavy atom. The van der Waals surface area contributed by atoms with Crippen LogP contribution >= 0.6 is 11.8 Å². The molecule has 0 aromatic rings. The maximum Gasteiger partial charge on any atom is 0.237 e. The van der Waals surface area contributed by atoms with Crippen molar-refractivity contribution in [1.29, 1.82) is 0 Å². The molecule has 1 amide bonds. The van der Waals surface area contributed by atoms with Gasteiger partial charge in [0.1, 0.15) is 0 Å². The lowest BCUT2D eigenvalue weighted by atomic mass is 10.3. The molecule has 1 atom stereocenters. The van der Waals surface area contributed by atoms with Crippen LogP contribution in [0.4, 0.5) is 0 Å². The molecule has 78 valence electrons. The predicted molar refractivity (Wildman–Crippen MR) is 59.1 cm³/mol. The van der Waals surface area contributed by atoms with Crippen LogP contribution in [0.3, 0.4) is 0 Å². The molecule has 0 rings (SSSR count). The first-order valence-electron chi connectivity index (χ1n) is 4.60. The van der Waals surface area contributed by atoms with E-state index in [2.05, 4.69) is 16.9 Å². The van der Waals surface area contributed by atoms with Crippen molar-refractivity contribution < 1.29 is 4.79 Å². The normalized spacial score (nSPS) is 13.0. The largest absolute Gasteiger partial charge is 0.353 e. The van der Waals surface area contributed by atoms with Gasteiger partial charge in [0.2, 0.25) is 5.91 Å². The Labute approximate surface area is 85.0 Å². The molecule has 0 spiro atoms. The van der Waals surface area contributed by atoms with Gasteiger partial charge in [0, 0.05) is 18.3 Å². The second-order valence-corrected chi connectivity index (χ2v) is 4.32. The molecule has 0 aliphatic carbocycles. The van der Waals surface area contributed by atoms with Crippen LogP contribution in [-0.4, -0.2) is 36.5 Å². The number of hydrogen-bond acceptors (Lipinski definition) is 3. The van der Waals surface area contributed by atoms with Gasteiger partial charge in [0.25, 0.3) is 0 Å². The van der Waals surface area contributed by atoms with Crippen LogP contribution in [-0.2, 0) is 4.79 Å². The van der Waals surface area contributed by atoms with E-state index in [1.165, 1.54) is 0 Å². The van der Waals surface area contributed by atoms with Gasteiger partial charge in [-0.05, 0) is 27.0 Å². The van der Waals surface area contributed by atoms with E-state index in [4.69, 9.17) is 0 Å². The number of carbonyl (C=O) groups is 1. The van der Waals surface area contributed by atoms with E-state index < -0.39 is 0 Å². The third-order valence-corrected chi connectivity index (χ3v) is 2.19. The van der Waals surface area contributed by atoms with Crippen LogP contribution in [0, 0.1) is 0 Å². The Morgan fingerprint density at radius 3 is 2.46 bits per heavy atom. The molecule has 1 unspecified atom stereocenters. The number of hydrogen-bond donors (Lipinski definition) is 2. The van der Waals surface area contributed by atoms with E-state index >= 15 is 0 Å². The van der Waals surface area contributed by atoms with E-state index in [-0.39, 0.29) is 18.0 Å². The molecule has 0 radical (unpaired) electrons. The van der Waals surface area contributed by atoms with E-state index in [0.29, 0.717) is 0 Å². The van der Waals surface area contributed by atoms with Gasteiger partial charge in [-0.1, -0.05) is 0 Å². The third-order valence-electron chi connectivity index (χ3n) is 1.58. The maximum atomic E-state index is 11.4. The SMILES string of the molecule is CSCCNC(C)C(=O)NC(C)C. The second-order valence-electron chi connectivity index (χ2n) is 3.33. The maximum absolute atomic E-state index is 11.4. The van der Waals surface area contributed by atoms with Crippen LogP contribution in [0.1, 0.15) is 20.8 Å². The average molecular weight is 204 g/mol. The number of carbonyl (C=O) groups excluding carboxylic acids is 1. The van der Waals surface area contributed by atoms with Gasteiger partial charge in [-0.15, -0.1) is 0 Å². The molecular weight excluding hydrogens is 184 g/mol. The lowest BCUT2D eigenvalue weighted by molar-refractivity contribution is -0.123. The summed E-state index contributed by atoms with van der Waals surface area (Å²) in [6, 6.07) is 0.131. The fourth-order valence-electron chi connectivity index (χ4n) is 0.880. The topological polar surface area (TPSA) is 41.1 Å². The van der Waals surface area contributed by atoms with Crippen molar-refractivity contribution in [1.82, 2.24) is 10.6 Å². The summed E-state index contributed by atoms with van der Waals surface area (Å²) in [7, 11) is 0. The van der Waals surface area contributed by atoms with Crippen molar-refractivity contribution in [2.75, 3.05) is 18.6 Å². The lowest BCUT2D eigenvalue weighted by Gasteiger charge is -2.15. The first kappa shape index (κ1) is 12.8. The molecule has 0 fully saturated rings. The van der Waals surface area contributed by atoms with Crippen LogP contribution in [0.5, 0.6) is 0 Å². The van der Waals surface area contributed by atoms with Crippen LogP contribution in [0.2, 0.25) is 0 Å². The summed E-state index contributed by atoms with van der Waals surface area (Å²) in [5.41, 5.74) is 0. The molecule has 0 aromatic carbocycles. The quantitative estimate of drug-likeness (QED) is 0.630. The van der Waals surface area contributed by atoms with Crippen LogP contribution < -0.4 is 10.6 Å². The molecule has 0 aliphatic rings. The van der Waals surface area contributed by atoms with Crippen molar-refractivity contribution in [2.45, 2.75) is 32.9 Å². The molecule has 4 heteroatoms. The smallest absolute Gasteiger partial charge is 0.237 e. The summed E-state index contributed by atoms with van der Waals surface area (Å²) < 4.78 is 0. The van der Waals surface area contributed by atoms with Crippen molar-refractivity contribution >= 4 is 17.7 Å². The fraction of sp³-hybridized carbons (Fsp3) is 0.889. The number of amides is 1. The lowest BCUT2D eigenvalue weighted by Crippen LogP contribution is -2.45. The predicted octanol–water partition coefficient (Wildman–Crippen LogP) is 0.852. The van der Waals surface area contributed by atoms with Crippen molar-refractivity contribution in [3.05, 3.63) is 0 Å². The number of nitrogens with one attached hydrogen (secondary N) is 2. The Kier molecular flexibility index (Phi) is 7.09. The third kappa shape index (κ3) is 6.90. The zero-order chi connectivity index (χ0) is 10.3. The molecule has 0 aliphatic heterocycles. The highest BCUT2D eigenvalue weighted by atomic mass is 32.2. The minimum atomic E-state index is -0.0884. The molecule has 3 nitrogen and oxygen atoms in total. The molecule has 0 aromatic heterocycles. The summed E-state index contributed by atoms with van der Waals surface area (Å²) in [5, 5.41) is 6.02. The summed E-state index contributed by atoms with van der Waals surface area (Å²) in [5.74, 6) is 1.12. The summed E-state index contributed by atoms with van der Waals surface area (Å²) >= 11 is 1.78. The zero-order valence-corrected chi connectivity index (χ0v) is 9.70. The molecule has 0 saturated heterocycles. The van der Waals surface area contributed by atoms with Crippen molar-refractivity contribution in [3.8, 4) is 0 Å². The highest BCUT2D eigenvalue weighted by Gasteiger charge is 2.11. The number of rotatable bonds is 6. The summed E-state index contributed by atoms with van der Waals surface area (Å²) in [6.07, 6.45) is 2.06. The molecule has 13 heavy (non-hydrogen) atoms. The highest BCUT2D eigenvalue weighted by molar-refractivity contribution is 7.98.